The van der Waals surface area contributed by atoms with E-state index in [1.165, 1.54) is 0 Å². The van der Waals surface area contributed by atoms with Gasteiger partial charge in [-0.15, -0.1) is 0 Å². The van der Waals surface area contributed by atoms with Gasteiger partial charge in [0.05, 0.1) is 13.7 Å². The van der Waals surface area contributed by atoms with Crippen molar-refractivity contribution in [1.29, 1.82) is 0 Å². The predicted octanol–water partition coefficient (Wildman–Crippen LogP) is 1.21. The Morgan fingerprint density at radius 1 is 1.33 bits per heavy atom. The molecule has 2 aromatic rings. The number of nitrogens with one attached hydrogen (secondary N) is 2. The van der Waals surface area contributed by atoms with Crippen LogP contribution in [-0.2, 0) is 13.0 Å². The molecule has 0 spiro atoms. The highest BCUT2D eigenvalue weighted by Crippen LogP contribution is 2.25. The van der Waals surface area contributed by atoms with Gasteiger partial charge in [0.15, 0.2) is 17.2 Å². The highest BCUT2D eigenvalue weighted by Gasteiger charge is 2.23. The molecule has 2 N–H and O–H groups in total. The molecule has 1 aromatic carbocycles. The molecule has 0 radical (unpaired) electrons. The number of likely N-dealkylation sites (N-methyl/N-ethyl adjacent to an activating group) is 1. The van der Waals surface area contributed by atoms with Crippen molar-refractivity contribution in [3.8, 4) is 11.5 Å². The van der Waals surface area contributed by atoms with Gasteiger partial charge in [0, 0.05) is 37.8 Å². The smallest absolute Gasteiger partial charge is 0.274 e. The fourth-order valence-corrected chi connectivity index (χ4v) is 2.72. The van der Waals surface area contributed by atoms with E-state index in [-0.39, 0.29) is 5.91 Å². The zero-order valence-corrected chi connectivity index (χ0v) is 14.0. The molecule has 24 heavy (non-hydrogen) atoms. The number of fused-ring (bicyclic) bond motifs is 1. The zero-order chi connectivity index (χ0) is 16.9. The number of ether oxygens (including phenoxy) is 2. The molecule has 2 heterocycles. The Morgan fingerprint density at radius 2 is 2.12 bits per heavy atom. The van der Waals surface area contributed by atoms with Gasteiger partial charge in [-0.3, -0.25) is 9.89 Å². The zero-order valence-electron chi connectivity index (χ0n) is 14.0. The Kier molecular flexibility index (Phi) is 5.00. The number of para-hydroxylation sites is 2. The number of aromatic amines is 1. The van der Waals surface area contributed by atoms with Gasteiger partial charge >= 0.3 is 0 Å². The Hall–Kier alpha value is -2.54. The Balaban J connectivity index is 1.58. The molecule has 7 heteroatoms. The predicted molar refractivity (Wildman–Crippen MR) is 89.4 cm³/mol. The van der Waals surface area contributed by atoms with Gasteiger partial charge in [0.25, 0.3) is 5.91 Å². The van der Waals surface area contributed by atoms with Gasteiger partial charge in [-0.1, -0.05) is 12.1 Å². The first kappa shape index (κ1) is 16.3. The van der Waals surface area contributed by atoms with Crippen LogP contribution in [0, 0.1) is 0 Å². The lowest BCUT2D eigenvalue weighted by molar-refractivity contribution is 0.0766. The molecule has 0 unspecified atom stereocenters. The number of aromatic nitrogens is 2. The van der Waals surface area contributed by atoms with Crippen molar-refractivity contribution in [3.05, 3.63) is 41.2 Å². The molecule has 7 nitrogen and oxygen atoms in total. The largest absolute Gasteiger partial charge is 0.493 e. The summed E-state index contributed by atoms with van der Waals surface area (Å²) in [6, 6.07) is 7.45. The molecule has 0 saturated heterocycles. The van der Waals surface area contributed by atoms with Crippen molar-refractivity contribution >= 4 is 5.91 Å². The Labute approximate surface area is 140 Å². The van der Waals surface area contributed by atoms with Crippen LogP contribution in [0.15, 0.2) is 24.3 Å². The number of H-pyrrole nitrogens is 1. The third-order valence-corrected chi connectivity index (χ3v) is 4.11. The second-order valence-corrected chi connectivity index (χ2v) is 5.68. The molecule has 3 rings (SSSR count). The summed E-state index contributed by atoms with van der Waals surface area (Å²) in [6.07, 6.45) is 0.871. The van der Waals surface area contributed by atoms with Crippen molar-refractivity contribution in [3.63, 3.8) is 0 Å². The maximum atomic E-state index is 12.6. The molecular weight excluding hydrogens is 308 g/mol. The first-order chi connectivity index (χ1) is 11.7. The van der Waals surface area contributed by atoms with E-state index in [1.807, 2.05) is 24.3 Å². The van der Waals surface area contributed by atoms with E-state index in [2.05, 4.69) is 15.5 Å². The molecular formula is C17H22N4O3. The summed E-state index contributed by atoms with van der Waals surface area (Å²) in [5.74, 6) is 1.25. The van der Waals surface area contributed by atoms with E-state index in [9.17, 15) is 4.79 Å². The number of amides is 1. The molecule has 128 valence electrons. The minimum Gasteiger partial charge on any atom is -0.493 e. The van der Waals surface area contributed by atoms with Gasteiger partial charge in [-0.25, -0.2) is 0 Å². The van der Waals surface area contributed by atoms with Crippen LogP contribution in [0.4, 0.5) is 0 Å². The topological polar surface area (TPSA) is 79.5 Å². The Morgan fingerprint density at radius 3 is 2.92 bits per heavy atom. The van der Waals surface area contributed by atoms with Crippen LogP contribution < -0.4 is 14.8 Å². The number of carbonyl (C=O) groups is 1. The minimum absolute atomic E-state index is 0.0974. The van der Waals surface area contributed by atoms with E-state index in [0.717, 1.165) is 24.2 Å². The van der Waals surface area contributed by atoms with Gasteiger partial charge < -0.3 is 19.7 Å². The minimum atomic E-state index is -0.0974. The highest BCUT2D eigenvalue weighted by molar-refractivity contribution is 5.93. The third-order valence-electron chi connectivity index (χ3n) is 4.11. The van der Waals surface area contributed by atoms with Crippen LogP contribution in [0.1, 0.15) is 21.7 Å². The Bertz CT molecular complexity index is 714. The van der Waals surface area contributed by atoms with Gasteiger partial charge in [-0.2, -0.15) is 5.10 Å². The van der Waals surface area contributed by atoms with Crippen LogP contribution in [-0.4, -0.2) is 54.9 Å². The van der Waals surface area contributed by atoms with Crippen LogP contribution in [0.3, 0.4) is 0 Å². The van der Waals surface area contributed by atoms with E-state index < -0.39 is 0 Å². The van der Waals surface area contributed by atoms with E-state index in [4.69, 9.17) is 9.47 Å². The monoisotopic (exact) mass is 330 g/mol. The quantitative estimate of drug-likeness (QED) is 0.832. The fourth-order valence-electron chi connectivity index (χ4n) is 2.72. The standard InChI is InChI=1S/C17H22N4O3/c1-21(9-10-24-15-6-4-3-5-14(15)23-2)17(22)16-12-11-18-8-7-13(12)19-20-16/h3-6,18H,7-11H2,1-2H3,(H,19,20). The summed E-state index contributed by atoms with van der Waals surface area (Å²) in [4.78, 5) is 14.2. The summed E-state index contributed by atoms with van der Waals surface area (Å²) in [7, 11) is 3.36. The molecule has 0 saturated carbocycles. The van der Waals surface area contributed by atoms with E-state index in [0.29, 0.717) is 36.9 Å². The van der Waals surface area contributed by atoms with Crippen molar-refractivity contribution in [1.82, 2.24) is 20.4 Å². The van der Waals surface area contributed by atoms with Crippen molar-refractivity contribution in [2.75, 3.05) is 33.9 Å². The molecule has 1 amide bonds. The number of hydrogen-bond donors (Lipinski definition) is 2. The first-order valence-electron chi connectivity index (χ1n) is 7.99. The van der Waals surface area contributed by atoms with Crippen molar-refractivity contribution in [2.24, 2.45) is 0 Å². The lowest BCUT2D eigenvalue weighted by atomic mass is 10.1. The van der Waals surface area contributed by atoms with Crippen LogP contribution in [0.2, 0.25) is 0 Å². The van der Waals surface area contributed by atoms with E-state index in [1.54, 1.807) is 19.1 Å². The SMILES string of the molecule is COc1ccccc1OCCN(C)C(=O)c1n[nH]c2c1CNCC2. The molecule has 1 aliphatic rings. The number of methoxy groups -OCH3 is 1. The summed E-state index contributed by atoms with van der Waals surface area (Å²) in [6.45, 7) is 2.43. The maximum Gasteiger partial charge on any atom is 0.274 e. The van der Waals surface area contributed by atoms with Gasteiger partial charge in [0.1, 0.15) is 6.61 Å². The molecule has 0 fully saturated rings. The van der Waals surface area contributed by atoms with Gasteiger partial charge in [-0.05, 0) is 12.1 Å². The maximum absolute atomic E-state index is 12.6. The third kappa shape index (κ3) is 3.35. The summed E-state index contributed by atoms with van der Waals surface area (Å²) < 4.78 is 11.0. The number of carbonyl (C=O) groups excluding carboxylic acids is 1. The summed E-state index contributed by atoms with van der Waals surface area (Å²) in [5.41, 5.74) is 2.52. The van der Waals surface area contributed by atoms with Crippen molar-refractivity contribution < 1.29 is 14.3 Å². The average molecular weight is 330 g/mol. The molecule has 0 bridgehead atoms. The lowest BCUT2D eigenvalue weighted by Gasteiger charge is -2.19. The van der Waals surface area contributed by atoms with Crippen LogP contribution in [0.25, 0.3) is 0 Å². The second kappa shape index (κ2) is 7.35. The number of nitrogens with zero attached hydrogens (tertiary/aromatic N) is 2. The fraction of sp³-hybridized carbons (Fsp3) is 0.412. The molecule has 1 aromatic heterocycles. The summed E-state index contributed by atoms with van der Waals surface area (Å²) in [5, 5.41) is 10.4. The lowest BCUT2D eigenvalue weighted by Crippen LogP contribution is -2.33. The molecule has 0 aliphatic carbocycles. The van der Waals surface area contributed by atoms with E-state index >= 15 is 0 Å². The van der Waals surface area contributed by atoms with Gasteiger partial charge in [0.2, 0.25) is 0 Å². The highest BCUT2D eigenvalue weighted by atomic mass is 16.5. The molecule has 1 aliphatic heterocycles. The van der Waals surface area contributed by atoms with Crippen LogP contribution >= 0.6 is 0 Å². The number of hydrogen-bond acceptors (Lipinski definition) is 5. The second-order valence-electron chi connectivity index (χ2n) is 5.68. The number of benzene rings is 1. The first-order valence-corrected chi connectivity index (χ1v) is 7.99. The normalized spacial score (nSPS) is 13.2. The van der Waals surface area contributed by atoms with Crippen LogP contribution in [0.5, 0.6) is 11.5 Å². The average Bonchev–Trinajstić information content (AvgIpc) is 3.05. The van der Waals surface area contributed by atoms with Crippen molar-refractivity contribution in [2.45, 2.75) is 13.0 Å². The summed E-state index contributed by atoms with van der Waals surface area (Å²) >= 11 is 0. The number of rotatable bonds is 6. The molecule has 0 atom stereocenters.